The van der Waals surface area contributed by atoms with Crippen LogP contribution < -0.4 is 25.1 Å². The normalized spacial score (nSPS) is 12.2. The number of sulfonamides is 1. The van der Waals surface area contributed by atoms with Gasteiger partial charge in [0.25, 0.3) is 5.56 Å². The molecule has 2 heterocycles. The van der Waals surface area contributed by atoms with E-state index in [-0.39, 0.29) is 45.2 Å². The van der Waals surface area contributed by atoms with E-state index in [1.165, 1.54) is 31.0 Å². The molecule has 54 heavy (non-hydrogen) atoms. The van der Waals surface area contributed by atoms with E-state index >= 15 is 8.78 Å². The molecule has 0 radical (unpaired) electrons. The molecule has 0 aliphatic rings. The van der Waals surface area contributed by atoms with Crippen molar-refractivity contribution in [2.24, 2.45) is 7.05 Å². The van der Waals surface area contributed by atoms with Crippen LogP contribution in [0.2, 0.25) is 5.02 Å². The van der Waals surface area contributed by atoms with Crippen LogP contribution in [0, 0.1) is 23.3 Å². The molecular formula is C35H29ClF4N6O7S. The minimum absolute atomic E-state index is 0.00433. The number of amides is 1. The summed E-state index contributed by atoms with van der Waals surface area (Å²) in [7, 11) is -0.184. The quantitative estimate of drug-likeness (QED) is 0.125. The molecule has 0 saturated carbocycles. The fourth-order valence-electron chi connectivity index (χ4n) is 6.08. The molecule has 6 rings (SSSR count). The first-order valence-corrected chi connectivity index (χ1v) is 17.9. The van der Waals surface area contributed by atoms with Gasteiger partial charge in [-0.1, -0.05) is 23.7 Å². The van der Waals surface area contributed by atoms with Gasteiger partial charge in [0.2, 0.25) is 10.0 Å². The van der Waals surface area contributed by atoms with Crippen LogP contribution in [0.25, 0.3) is 27.5 Å². The van der Waals surface area contributed by atoms with Crippen molar-refractivity contribution >= 4 is 55.3 Å². The van der Waals surface area contributed by atoms with E-state index < -0.39 is 79.9 Å². The van der Waals surface area contributed by atoms with Gasteiger partial charge in [0.1, 0.15) is 28.7 Å². The van der Waals surface area contributed by atoms with Crippen molar-refractivity contribution in [3.63, 3.8) is 0 Å². The van der Waals surface area contributed by atoms with Crippen LogP contribution in [0.15, 0.2) is 65.5 Å². The third-order valence-electron chi connectivity index (χ3n) is 8.44. The second-order valence-corrected chi connectivity index (χ2v) is 14.2. The van der Waals surface area contributed by atoms with Crippen LogP contribution >= 0.6 is 11.6 Å². The van der Waals surface area contributed by atoms with Crippen molar-refractivity contribution in [1.82, 2.24) is 24.6 Å². The van der Waals surface area contributed by atoms with Gasteiger partial charge < -0.3 is 19.9 Å². The van der Waals surface area contributed by atoms with Gasteiger partial charge in [0.15, 0.2) is 23.2 Å². The lowest BCUT2D eigenvalue weighted by atomic mass is 10.0. The summed E-state index contributed by atoms with van der Waals surface area (Å²) in [5.41, 5.74) is -1.28. The molecule has 1 amide bonds. The number of rotatable bonds is 12. The van der Waals surface area contributed by atoms with E-state index in [9.17, 15) is 31.9 Å². The highest BCUT2D eigenvalue weighted by atomic mass is 35.5. The predicted octanol–water partition coefficient (Wildman–Crippen LogP) is 6.04. The average Bonchev–Trinajstić information content (AvgIpc) is 3.43. The fourth-order valence-corrected chi connectivity index (χ4v) is 7.37. The standard InChI is InChI=1S/C35H29ClF4N6O7S/c1-45-30-26(9-8-23(36)27(30)32(43-45)44-54(50,51)11-10-17-4-6-21(52-2)7-5-17)46-33(25(41-35(48)49)14-18-12-19(37)15-20(38)13-18)42-29-22(34(46)47)16-24(39)31(53-3)28(29)40/h4-9,12-13,15-16,25,41H,10-11,14H2,1-3H3,(H,43,44)(H,48,49)/t25-/m0/s1. The van der Waals surface area contributed by atoms with Gasteiger partial charge in [-0.2, -0.15) is 5.10 Å². The lowest BCUT2D eigenvalue weighted by Crippen LogP contribution is -2.35. The summed E-state index contributed by atoms with van der Waals surface area (Å²) in [5.74, 6) is -5.97. The van der Waals surface area contributed by atoms with Gasteiger partial charge >= 0.3 is 6.09 Å². The molecule has 19 heteroatoms. The number of aromatic nitrogens is 4. The highest BCUT2D eigenvalue weighted by Crippen LogP contribution is 2.36. The number of aryl methyl sites for hydroxylation is 2. The van der Waals surface area contributed by atoms with Crippen LogP contribution in [-0.4, -0.2) is 58.9 Å². The topological polar surface area (TPSA) is 167 Å². The predicted molar refractivity (Wildman–Crippen MR) is 191 cm³/mol. The van der Waals surface area contributed by atoms with Gasteiger partial charge in [0.05, 0.1) is 53.0 Å². The number of nitrogens with one attached hydrogen (secondary N) is 2. The molecule has 4 aromatic carbocycles. The first-order valence-electron chi connectivity index (χ1n) is 15.8. The van der Waals surface area contributed by atoms with Crippen molar-refractivity contribution in [3.8, 4) is 17.2 Å². The van der Waals surface area contributed by atoms with Crippen molar-refractivity contribution in [2.45, 2.75) is 18.9 Å². The van der Waals surface area contributed by atoms with Crippen molar-refractivity contribution in [3.05, 3.63) is 116 Å². The van der Waals surface area contributed by atoms with E-state index in [0.717, 1.165) is 23.8 Å². The number of fused-ring (bicyclic) bond motifs is 2. The summed E-state index contributed by atoms with van der Waals surface area (Å²) in [6, 6.07) is 10.9. The molecule has 1 atom stereocenters. The minimum atomic E-state index is -4.08. The first-order chi connectivity index (χ1) is 25.6. The van der Waals surface area contributed by atoms with Crippen molar-refractivity contribution in [1.29, 1.82) is 0 Å². The average molecular weight is 789 g/mol. The van der Waals surface area contributed by atoms with Crippen LogP contribution in [0.1, 0.15) is 23.0 Å². The Morgan fingerprint density at radius 2 is 1.67 bits per heavy atom. The van der Waals surface area contributed by atoms with Crippen LogP contribution in [-0.2, 0) is 29.9 Å². The Balaban J connectivity index is 1.55. The van der Waals surface area contributed by atoms with Gasteiger partial charge in [-0.3, -0.25) is 18.8 Å². The summed E-state index contributed by atoms with van der Waals surface area (Å²) in [6.45, 7) is 0. The number of halogens is 5. The summed E-state index contributed by atoms with van der Waals surface area (Å²) < 4.78 is 100. The maximum absolute atomic E-state index is 15.7. The SMILES string of the molecule is COc1ccc(CCS(=O)(=O)Nc2nn(C)c3c(-n4c([C@H](Cc5cc(F)cc(F)c5)NC(=O)O)nc5c(F)c(OC)c(F)cc5c4=O)ccc(Cl)c23)cc1. The molecule has 0 bridgehead atoms. The third-order valence-corrected chi connectivity index (χ3v) is 10.0. The van der Waals surface area contributed by atoms with Crippen LogP contribution in [0.3, 0.4) is 0 Å². The number of hydrogen-bond acceptors (Lipinski definition) is 8. The molecule has 0 aliphatic heterocycles. The monoisotopic (exact) mass is 788 g/mol. The number of carboxylic acid groups (broad SMARTS) is 1. The Hall–Kier alpha value is -5.88. The smallest absolute Gasteiger partial charge is 0.405 e. The molecule has 6 aromatic rings. The second-order valence-electron chi connectivity index (χ2n) is 12.0. The van der Waals surface area contributed by atoms with E-state index in [1.807, 2.05) is 0 Å². The maximum atomic E-state index is 15.7. The van der Waals surface area contributed by atoms with Crippen molar-refractivity contribution in [2.75, 3.05) is 24.7 Å². The Bertz CT molecular complexity index is 2600. The molecule has 0 spiro atoms. The van der Waals surface area contributed by atoms with Crippen LogP contribution in [0.5, 0.6) is 11.5 Å². The summed E-state index contributed by atoms with van der Waals surface area (Å²) in [5, 5.41) is 15.7. The summed E-state index contributed by atoms with van der Waals surface area (Å²) >= 11 is 6.61. The van der Waals surface area contributed by atoms with E-state index in [0.29, 0.717) is 23.4 Å². The number of methoxy groups -OCH3 is 2. The molecule has 0 fully saturated rings. The first kappa shape index (κ1) is 37.9. The second kappa shape index (κ2) is 14.9. The maximum Gasteiger partial charge on any atom is 0.405 e. The van der Waals surface area contributed by atoms with Gasteiger partial charge in [-0.15, -0.1) is 0 Å². The Morgan fingerprint density at radius 3 is 2.30 bits per heavy atom. The molecule has 0 aliphatic carbocycles. The summed E-state index contributed by atoms with van der Waals surface area (Å²) in [6.07, 6.45) is -2.04. The zero-order valence-corrected chi connectivity index (χ0v) is 30.0. The van der Waals surface area contributed by atoms with E-state index in [2.05, 4.69) is 20.1 Å². The molecule has 2 aromatic heterocycles. The Kier molecular flexibility index (Phi) is 10.4. The summed E-state index contributed by atoms with van der Waals surface area (Å²) in [4.78, 5) is 30.8. The molecule has 0 unspecified atom stereocenters. The molecule has 282 valence electrons. The van der Waals surface area contributed by atoms with E-state index in [4.69, 9.17) is 21.1 Å². The molecular weight excluding hydrogens is 760 g/mol. The lowest BCUT2D eigenvalue weighted by molar-refractivity contribution is 0.189. The number of ether oxygens (including phenoxy) is 2. The highest BCUT2D eigenvalue weighted by Gasteiger charge is 2.30. The largest absolute Gasteiger partial charge is 0.497 e. The fraction of sp³-hybridized carbons (Fsp3) is 0.200. The van der Waals surface area contributed by atoms with E-state index in [1.54, 1.807) is 24.3 Å². The minimum Gasteiger partial charge on any atom is -0.497 e. The Morgan fingerprint density at radius 1 is 0.981 bits per heavy atom. The zero-order chi connectivity index (χ0) is 39.1. The van der Waals surface area contributed by atoms with Crippen LogP contribution in [0.4, 0.5) is 28.2 Å². The molecule has 3 N–H and O–H groups in total. The highest BCUT2D eigenvalue weighted by molar-refractivity contribution is 7.92. The Labute approximate surface area is 308 Å². The van der Waals surface area contributed by atoms with Gasteiger partial charge in [0, 0.05) is 19.5 Å². The van der Waals surface area contributed by atoms with Gasteiger partial charge in [-0.05, 0) is 60.0 Å². The lowest BCUT2D eigenvalue weighted by Gasteiger charge is -2.23. The number of hydrogen-bond donors (Lipinski definition) is 3. The van der Waals surface area contributed by atoms with Crippen molar-refractivity contribution < 1.29 is 45.4 Å². The number of carbonyl (C=O) groups is 1. The molecule has 13 nitrogen and oxygen atoms in total. The van der Waals surface area contributed by atoms with Gasteiger partial charge in [-0.25, -0.2) is 35.8 Å². The number of nitrogens with zero attached hydrogens (tertiary/aromatic N) is 4. The molecule has 0 saturated heterocycles. The number of anilines is 1. The zero-order valence-electron chi connectivity index (χ0n) is 28.5. The third kappa shape index (κ3) is 7.47. The number of benzene rings is 4.